The molecule has 0 saturated carbocycles. The number of aryl methyl sites for hydroxylation is 1. The van der Waals surface area contributed by atoms with Crippen LogP contribution in [0.4, 0.5) is 5.82 Å². The van der Waals surface area contributed by atoms with Gasteiger partial charge in [-0.15, -0.1) is 0 Å². The lowest BCUT2D eigenvalue weighted by molar-refractivity contribution is 0.601. The predicted molar refractivity (Wildman–Crippen MR) is 84.1 cm³/mol. The van der Waals surface area contributed by atoms with E-state index in [1.165, 1.54) is 6.20 Å². The first-order valence-corrected chi connectivity index (χ1v) is 8.79. The van der Waals surface area contributed by atoms with Crippen molar-refractivity contribution in [3.05, 3.63) is 45.2 Å². The summed E-state index contributed by atoms with van der Waals surface area (Å²) in [5.74, 6) is 0.146. The van der Waals surface area contributed by atoms with Gasteiger partial charge >= 0.3 is 0 Å². The van der Waals surface area contributed by atoms with Gasteiger partial charge in [-0.2, -0.15) is 0 Å². The van der Waals surface area contributed by atoms with Gasteiger partial charge < -0.3 is 0 Å². The number of hydrogen-bond acceptors (Lipinski definition) is 4. The maximum Gasteiger partial charge on any atom is 0.263 e. The van der Waals surface area contributed by atoms with E-state index in [-0.39, 0.29) is 10.7 Å². The minimum atomic E-state index is -3.67. The van der Waals surface area contributed by atoms with Gasteiger partial charge in [-0.3, -0.25) is 4.72 Å². The lowest BCUT2D eigenvalue weighted by Gasteiger charge is -2.09. The first-order chi connectivity index (χ1) is 9.42. The van der Waals surface area contributed by atoms with Gasteiger partial charge in [0.15, 0.2) is 10.4 Å². The van der Waals surface area contributed by atoms with Crippen LogP contribution >= 0.6 is 31.9 Å². The third kappa shape index (κ3) is 3.56. The van der Waals surface area contributed by atoms with E-state index in [0.29, 0.717) is 9.21 Å². The van der Waals surface area contributed by atoms with Crippen molar-refractivity contribution < 1.29 is 8.42 Å². The van der Waals surface area contributed by atoms with E-state index in [1.54, 1.807) is 24.3 Å². The molecule has 106 valence electrons. The minimum Gasteiger partial charge on any atom is -0.261 e. The summed E-state index contributed by atoms with van der Waals surface area (Å²) in [7, 11) is -3.67. The highest BCUT2D eigenvalue weighted by Gasteiger charge is 2.17. The molecule has 8 heteroatoms. The first-order valence-electron chi connectivity index (χ1n) is 5.72. The fourth-order valence-electron chi connectivity index (χ4n) is 1.51. The van der Waals surface area contributed by atoms with Crippen molar-refractivity contribution in [2.75, 3.05) is 4.72 Å². The maximum atomic E-state index is 12.2. The quantitative estimate of drug-likeness (QED) is 0.822. The zero-order valence-corrected chi connectivity index (χ0v) is 14.5. The molecule has 5 nitrogen and oxygen atoms in total. The van der Waals surface area contributed by atoms with E-state index in [9.17, 15) is 8.42 Å². The number of anilines is 1. The number of nitrogens with one attached hydrogen (secondary N) is 1. The van der Waals surface area contributed by atoms with Gasteiger partial charge in [-0.05, 0) is 56.0 Å². The van der Waals surface area contributed by atoms with Crippen molar-refractivity contribution in [3.8, 4) is 0 Å². The van der Waals surface area contributed by atoms with Gasteiger partial charge in [0.2, 0.25) is 0 Å². The normalized spacial score (nSPS) is 11.3. The smallest absolute Gasteiger partial charge is 0.261 e. The Morgan fingerprint density at radius 1 is 1.20 bits per heavy atom. The van der Waals surface area contributed by atoms with Gasteiger partial charge in [0.1, 0.15) is 4.60 Å². The zero-order valence-electron chi connectivity index (χ0n) is 10.5. The molecule has 0 saturated heterocycles. The monoisotopic (exact) mass is 419 g/mol. The van der Waals surface area contributed by atoms with E-state index in [4.69, 9.17) is 0 Å². The van der Waals surface area contributed by atoms with Gasteiger partial charge in [0, 0.05) is 0 Å². The lowest BCUT2D eigenvalue weighted by atomic mass is 10.2. The van der Waals surface area contributed by atoms with Crippen molar-refractivity contribution >= 4 is 47.7 Å². The van der Waals surface area contributed by atoms with Crippen LogP contribution in [0, 0.1) is 0 Å². The molecule has 0 amide bonds. The number of hydrogen-bond donors (Lipinski definition) is 1. The van der Waals surface area contributed by atoms with Crippen molar-refractivity contribution in [1.82, 2.24) is 9.97 Å². The Balaban J connectivity index is 2.30. The van der Waals surface area contributed by atoms with Gasteiger partial charge in [-0.25, -0.2) is 18.4 Å². The van der Waals surface area contributed by atoms with E-state index in [1.807, 2.05) is 6.92 Å². The standard InChI is InChI=1S/C12H11Br2N3O2S/c1-2-8-3-5-9(6-4-8)20(18,19)17-12-11(14)16-10(13)7-15-12/h3-7H,2H2,1H3,(H,15,17). The molecule has 0 radical (unpaired) electrons. The molecule has 2 aromatic rings. The largest absolute Gasteiger partial charge is 0.263 e. The molecule has 0 fully saturated rings. The van der Waals surface area contributed by atoms with Gasteiger partial charge in [0.25, 0.3) is 10.0 Å². The second kappa shape index (κ2) is 6.19. The Hall–Kier alpha value is -0.990. The Kier molecular flexibility index (Phi) is 4.77. The molecule has 1 heterocycles. The number of nitrogens with zero attached hydrogens (tertiary/aromatic N) is 2. The SMILES string of the molecule is CCc1ccc(S(=O)(=O)Nc2ncc(Br)nc2Br)cc1. The Bertz CT molecular complexity index is 718. The molecule has 0 atom stereocenters. The minimum absolute atomic E-state index is 0.146. The lowest BCUT2D eigenvalue weighted by Crippen LogP contribution is -2.14. The Labute approximate surface area is 134 Å². The highest BCUT2D eigenvalue weighted by molar-refractivity contribution is 9.11. The average molecular weight is 421 g/mol. The summed E-state index contributed by atoms with van der Waals surface area (Å²) in [5.41, 5.74) is 1.08. The Morgan fingerprint density at radius 3 is 2.40 bits per heavy atom. The molecule has 0 aliphatic carbocycles. The van der Waals surface area contributed by atoms with Crippen LogP contribution in [0.3, 0.4) is 0 Å². The first kappa shape index (κ1) is 15.4. The van der Waals surface area contributed by atoms with E-state index in [0.717, 1.165) is 12.0 Å². The zero-order chi connectivity index (χ0) is 14.8. The summed E-state index contributed by atoms with van der Waals surface area (Å²) in [6, 6.07) is 6.72. The molecule has 0 bridgehead atoms. The third-order valence-corrected chi connectivity index (χ3v) is 4.86. The van der Waals surface area contributed by atoms with Gasteiger partial charge in [0.05, 0.1) is 11.1 Å². The molecule has 0 spiro atoms. The summed E-state index contributed by atoms with van der Waals surface area (Å²) in [4.78, 5) is 8.18. The molecule has 1 aromatic carbocycles. The van der Waals surface area contributed by atoms with E-state index in [2.05, 4.69) is 46.5 Å². The summed E-state index contributed by atoms with van der Waals surface area (Å²) in [6.45, 7) is 2.01. The fraction of sp³-hybridized carbons (Fsp3) is 0.167. The summed E-state index contributed by atoms with van der Waals surface area (Å²) in [5, 5.41) is 0. The van der Waals surface area contributed by atoms with Crippen LogP contribution in [0.5, 0.6) is 0 Å². The van der Waals surface area contributed by atoms with Crippen LogP contribution in [0.15, 0.2) is 44.6 Å². The second-order valence-electron chi connectivity index (χ2n) is 3.94. The highest BCUT2D eigenvalue weighted by atomic mass is 79.9. The van der Waals surface area contributed by atoms with Crippen molar-refractivity contribution in [3.63, 3.8) is 0 Å². The topological polar surface area (TPSA) is 72.0 Å². The van der Waals surface area contributed by atoms with E-state index < -0.39 is 10.0 Å². The highest BCUT2D eigenvalue weighted by Crippen LogP contribution is 2.22. The molecular formula is C12H11Br2N3O2S. The summed E-state index contributed by atoms with van der Waals surface area (Å²) < 4.78 is 27.7. The van der Waals surface area contributed by atoms with Crippen LogP contribution in [0.2, 0.25) is 0 Å². The van der Waals surface area contributed by atoms with Crippen LogP contribution in [0.1, 0.15) is 12.5 Å². The molecule has 0 unspecified atom stereocenters. The third-order valence-electron chi connectivity index (χ3n) is 2.57. The molecule has 0 aliphatic heterocycles. The molecule has 2 rings (SSSR count). The number of halogens is 2. The average Bonchev–Trinajstić information content (AvgIpc) is 2.42. The molecule has 1 N–H and O–H groups in total. The number of rotatable bonds is 4. The Morgan fingerprint density at radius 2 is 1.85 bits per heavy atom. The number of sulfonamides is 1. The molecule has 0 aliphatic rings. The van der Waals surface area contributed by atoms with Crippen LogP contribution < -0.4 is 4.72 Å². The van der Waals surface area contributed by atoms with Crippen molar-refractivity contribution in [2.45, 2.75) is 18.2 Å². The van der Waals surface area contributed by atoms with Crippen molar-refractivity contribution in [1.29, 1.82) is 0 Å². The fourth-order valence-corrected chi connectivity index (χ4v) is 3.56. The molecule has 20 heavy (non-hydrogen) atoms. The maximum absolute atomic E-state index is 12.2. The van der Waals surface area contributed by atoms with Crippen LogP contribution in [-0.4, -0.2) is 18.4 Å². The number of benzene rings is 1. The van der Waals surface area contributed by atoms with Crippen LogP contribution in [0.25, 0.3) is 0 Å². The summed E-state index contributed by atoms with van der Waals surface area (Å²) >= 11 is 6.32. The van der Waals surface area contributed by atoms with Crippen molar-refractivity contribution in [2.24, 2.45) is 0 Å². The van der Waals surface area contributed by atoms with Gasteiger partial charge in [-0.1, -0.05) is 19.1 Å². The summed E-state index contributed by atoms with van der Waals surface area (Å²) in [6.07, 6.45) is 2.28. The van der Waals surface area contributed by atoms with Crippen LogP contribution in [-0.2, 0) is 16.4 Å². The second-order valence-corrected chi connectivity index (χ2v) is 7.18. The van der Waals surface area contributed by atoms with E-state index >= 15 is 0 Å². The molecule has 1 aromatic heterocycles. The number of aromatic nitrogens is 2. The predicted octanol–water partition coefficient (Wildman–Crippen LogP) is 3.36. The molecular weight excluding hydrogens is 410 g/mol.